The van der Waals surface area contributed by atoms with Crippen molar-refractivity contribution in [3.05, 3.63) is 70.0 Å². The highest BCUT2D eigenvalue weighted by Crippen LogP contribution is 2.28. The van der Waals surface area contributed by atoms with Crippen molar-refractivity contribution in [3.8, 4) is 0 Å². The van der Waals surface area contributed by atoms with E-state index in [0.717, 1.165) is 24.1 Å². The zero-order valence-electron chi connectivity index (χ0n) is 13.3. The highest BCUT2D eigenvalue weighted by atomic mass is 19.1. The Morgan fingerprint density at radius 2 is 1.71 bits per heavy atom. The van der Waals surface area contributed by atoms with Crippen LogP contribution in [0.25, 0.3) is 0 Å². The number of benzene rings is 2. The molecule has 0 saturated carbocycles. The molecule has 21 heavy (non-hydrogen) atoms. The molecule has 0 saturated heterocycles. The minimum Gasteiger partial charge on any atom is -0.306 e. The number of hydrogen-bond donors (Lipinski definition) is 1. The van der Waals surface area contributed by atoms with Gasteiger partial charge in [-0.3, -0.25) is 0 Å². The van der Waals surface area contributed by atoms with Crippen molar-refractivity contribution in [2.45, 2.75) is 40.2 Å². The van der Waals surface area contributed by atoms with Gasteiger partial charge < -0.3 is 5.32 Å². The predicted molar refractivity (Wildman–Crippen MR) is 87.2 cm³/mol. The van der Waals surface area contributed by atoms with Gasteiger partial charge >= 0.3 is 0 Å². The normalized spacial score (nSPS) is 12.4. The van der Waals surface area contributed by atoms with Gasteiger partial charge in [-0.05, 0) is 68.1 Å². The van der Waals surface area contributed by atoms with Gasteiger partial charge in [0.25, 0.3) is 0 Å². The third-order valence-electron chi connectivity index (χ3n) is 3.89. The van der Waals surface area contributed by atoms with Crippen LogP contribution >= 0.6 is 0 Å². The van der Waals surface area contributed by atoms with E-state index in [1.807, 2.05) is 13.0 Å². The van der Waals surface area contributed by atoms with Crippen molar-refractivity contribution in [2.24, 2.45) is 0 Å². The fourth-order valence-electron chi connectivity index (χ4n) is 2.71. The van der Waals surface area contributed by atoms with E-state index in [9.17, 15) is 4.39 Å². The summed E-state index contributed by atoms with van der Waals surface area (Å²) in [6.45, 7) is 9.31. The molecule has 0 spiro atoms. The first-order chi connectivity index (χ1) is 10.0. The third kappa shape index (κ3) is 3.70. The molecule has 2 rings (SSSR count). The van der Waals surface area contributed by atoms with E-state index in [1.54, 1.807) is 12.1 Å². The maximum absolute atomic E-state index is 13.4. The summed E-state index contributed by atoms with van der Waals surface area (Å²) in [6, 6.07) is 11.7. The SMILES string of the molecule is CCCNC(c1ccc(F)cc1C)c1cc(C)ccc1C. The van der Waals surface area contributed by atoms with Crippen LogP contribution in [0.2, 0.25) is 0 Å². The van der Waals surface area contributed by atoms with Crippen LogP contribution in [0.3, 0.4) is 0 Å². The van der Waals surface area contributed by atoms with Crippen molar-refractivity contribution in [1.82, 2.24) is 5.32 Å². The van der Waals surface area contributed by atoms with Gasteiger partial charge in [-0.25, -0.2) is 4.39 Å². The maximum atomic E-state index is 13.4. The second-order valence-corrected chi connectivity index (χ2v) is 5.75. The van der Waals surface area contributed by atoms with E-state index in [-0.39, 0.29) is 11.9 Å². The summed E-state index contributed by atoms with van der Waals surface area (Å²) < 4.78 is 13.4. The summed E-state index contributed by atoms with van der Waals surface area (Å²) in [4.78, 5) is 0. The van der Waals surface area contributed by atoms with Crippen molar-refractivity contribution < 1.29 is 4.39 Å². The molecule has 0 aromatic heterocycles. The molecule has 1 N–H and O–H groups in total. The average molecular weight is 285 g/mol. The van der Waals surface area contributed by atoms with E-state index in [1.165, 1.54) is 16.7 Å². The van der Waals surface area contributed by atoms with Gasteiger partial charge in [0.05, 0.1) is 6.04 Å². The highest BCUT2D eigenvalue weighted by Gasteiger charge is 2.17. The van der Waals surface area contributed by atoms with E-state index in [2.05, 4.69) is 44.3 Å². The molecule has 1 atom stereocenters. The fourth-order valence-corrected chi connectivity index (χ4v) is 2.71. The smallest absolute Gasteiger partial charge is 0.123 e. The molecule has 0 radical (unpaired) electrons. The monoisotopic (exact) mass is 285 g/mol. The van der Waals surface area contributed by atoms with Crippen LogP contribution in [-0.4, -0.2) is 6.54 Å². The van der Waals surface area contributed by atoms with Crippen LogP contribution in [0, 0.1) is 26.6 Å². The molecule has 0 fully saturated rings. The van der Waals surface area contributed by atoms with Gasteiger partial charge in [-0.2, -0.15) is 0 Å². The highest BCUT2D eigenvalue weighted by molar-refractivity contribution is 5.42. The van der Waals surface area contributed by atoms with E-state index in [4.69, 9.17) is 0 Å². The lowest BCUT2D eigenvalue weighted by Gasteiger charge is -2.23. The summed E-state index contributed by atoms with van der Waals surface area (Å²) in [7, 11) is 0. The number of rotatable bonds is 5. The summed E-state index contributed by atoms with van der Waals surface area (Å²) in [5, 5.41) is 3.61. The first-order valence-electron chi connectivity index (χ1n) is 7.59. The number of halogens is 1. The maximum Gasteiger partial charge on any atom is 0.123 e. The second kappa shape index (κ2) is 6.86. The molecule has 0 amide bonds. The molecule has 0 aliphatic carbocycles. The minimum absolute atomic E-state index is 0.116. The zero-order valence-corrected chi connectivity index (χ0v) is 13.3. The van der Waals surface area contributed by atoms with E-state index >= 15 is 0 Å². The molecule has 2 heteroatoms. The van der Waals surface area contributed by atoms with Crippen LogP contribution in [0.1, 0.15) is 47.2 Å². The molecule has 1 nitrogen and oxygen atoms in total. The second-order valence-electron chi connectivity index (χ2n) is 5.75. The Kier molecular flexibility index (Phi) is 5.13. The Hall–Kier alpha value is -1.67. The minimum atomic E-state index is -0.175. The molecule has 2 aromatic carbocycles. The summed E-state index contributed by atoms with van der Waals surface area (Å²) in [6.07, 6.45) is 1.07. The predicted octanol–water partition coefficient (Wildman–Crippen LogP) is 4.84. The van der Waals surface area contributed by atoms with Crippen LogP contribution in [0.15, 0.2) is 36.4 Å². The summed E-state index contributed by atoms with van der Waals surface area (Å²) in [5.41, 5.74) is 5.93. The van der Waals surface area contributed by atoms with Crippen LogP contribution < -0.4 is 5.32 Å². The third-order valence-corrected chi connectivity index (χ3v) is 3.89. The largest absolute Gasteiger partial charge is 0.306 e. The van der Waals surface area contributed by atoms with Crippen LogP contribution in [-0.2, 0) is 0 Å². The molecular formula is C19H24FN. The Morgan fingerprint density at radius 1 is 0.952 bits per heavy atom. The molecule has 0 bridgehead atoms. The Bertz CT molecular complexity index is 619. The van der Waals surface area contributed by atoms with Crippen molar-refractivity contribution >= 4 is 0 Å². The summed E-state index contributed by atoms with van der Waals surface area (Å²) >= 11 is 0. The van der Waals surface area contributed by atoms with Crippen molar-refractivity contribution in [2.75, 3.05) is 6.54 Å². The van der Waals surface area contributed by atoms with Gasteiger partial charge in [0.1, 0.15) is 5.82 Å². The Balaban J connectivity index is 2.49. The molecule has 0 aliphatic rings. The van der Waals surface area contributed by atoms with Gasteiger partial charge in [0.2, 0.25) is 0 Å². The van der Waals surface area contributed by atoms with Crippen LogP contribution in [0.4, 0.5) is 4.39 Å². The lowest BCUT2D eigenvalue weighted by atomic mass is 9.91. The van der Waals surface area contributed by atoms with Gasteiger partial charge in [0.15, 0.2) is 0 Å². The van der Waals surface area contributed by atoms with E-state index in [0.29, 0.717) is 0 Å². The molecule has 1 unspecified atom stereocenters. The molecule has 0 aliphatic heterocycles. The van der Waals surface area contributed by atoms with Crippen molar-refractivity contribution in [1.29, 1.82) is 0 Å². The van der Waals surface area contributed by atoms with Crippen LogP contribution in [0.5, 0.6) is 0 Å². The topological polar surface area (TPSA) is 12.0 Å². The lowest BCUT2D eigenvalue weighted by molar-refractivity contribution is 0.587. The zero-order chi connectivity index (χ0) is 15.4. The Morgan fingerprint density at radius 3 is 2.38 bits per heavy atom. The number of nitrogens with one attached hydrogen (secondary N) is 1. The standard InChI is InChI=1S/C19H24FN/c1-5-10-21-19(17-9-8-16(20)12-15(17)4)18-11-13(2)6-7-14(18)3/h6-9,11-12,19,21H,5,10H2,1-4H3. The van der Waals surface area contributed by atoms with Gasteiger partial charge in [-0.15, -0.1) is 0 Å². The Labute approximate surface area is 127 Å². The molecular weight excluding hydrogens is 261 g/mol. The van der Waals surface area contributed by atoms with Gasteiger partial charge in [-0.1, -0.05) is 36.8 Å². The first-order valence-corrected chi connectivity index (χ1v) is 7.59. The van der Waals surface area contributed by atoms with E-state index < -0.39 is 0 Å². The summed E-state index contributed by atoms with van der Waals surface area (Å²) in [5.74, 6) is -0.175. The molecule has 112 valence electrons. The van der Waals surface area contributed by atoms with Crippen molar-refractivity contribution in [3.63, 3.8) is 0 Å². The van der Waals surface area contributed by atoms with Gasteiger partial charge in [0, 0.05) is 0 Å². The molecule has 0 heterocycles. The quantitative estimate of drug-likeness (QED) is 0.829. The fraction of sp³-hybridized carbons (Fsp3) is 0.368. The first kappa shape index (κ1) is 15.7. The average Bonchev–Trinajstić information content (AvgIpc) is 2.44. The lowest BCUT2D eigenvalue weighted by Crippen LogP contribution is -2.24. The molecule has 2 aromatic rings. The number of aryl methyl sites for hydroxylation is 3. The number of hydrogen-bond acceptors (Lipinski definition) is 1.